The number of nitrogens with zero attached hydrogens (tertiary/aromatic N) is 1. The Labute approximate surface area is 102 Å². The van der Waals surface area contributed by atoms with Crippen LogP contribution >= 0.6 is 0 Å². The molecule has 2 nitrogen and oxygen atoms in total. The van der Waals surface area contributed by atoms with Gasteiger partial charge < -0.3 is 5.32 Å². The number of rotatable bonds is 11. The van der Waals surface area contributed by atoms with E-state index < -0.39 is 0 Å². The van der Waals surface area contributed by atoms with Gasteiger partial charge >= 0.3 is 0 Å². The molecule has 0 aliphatic heterocycles. The average Bonchev–Trinajstić information content (AvgIpc) is 2.26. The maximum absolute atomic E-state index is 3.78. The predicted octanol–water partition coefficient (Wildman–Crippen LogP) is 2.91. The van der Waals surface area contributed by atoms with Crippen LogP contribution in [0, 0.1) is 5.92 Å². The molecule has 0 heterocycles. The summed E-state index contributed by atoms with van der Waals surface area (Å²) < 4.78 is 0. The second-order valence-electron chi connectivity index (χ2n) is 4.84. The minimum Gasteiger partial charge on any atom is -0.316 e. The van der Waals surface area contributed by atoms with Gasteiger partial charge in [-0.3, -0.25) is 4.90 Å². The second-order valence-corrected chi connectivity index (χ2v) is 4.84. The smallest absolute Gasteiger partial charge is 0.0160 e. The predicted molar refractivity (Wildman–Crippen MR) is 73.9 cm³/mol. The quantitative estimate of drug-likeness (QED) is 0.430. The molecule has 2 heteroatoms. The highest BCUT2D eigenvalue weighted by atomic mass is 15.1. The molecule has 96 valence electrons. The zero-order chi connectivity index (χ0) is 12.2. The lowest BCUT2D eigenvalue weighted by atomic mass is 10.2. The maximum atomic E-state index is 3.78. The molecule has 0 unspecified atom stereocenters. The molecular formula is C14H30N2. The molecular weight excluding hydrogens is 196 g/mol. The maximum Gasteiger partial charge on any atom is 0.0160 e. The van der Waals surface area contributed by atoms with E-state index in [-0.39, 0.29) is 0 Å². The number of unbranched alkanes of at least 4 members (excludes halogenated alkanes) is 2. The Bertz CT molecular complexity index is 155. The van der Waals surface area contributed by atoms with Crippen LogP contribution in [0.1, 0.15) is 40.0 Å². The molecule has 0 aromatic heterocycles. The summed E-state index contributed by atoms with van der Waals surface area (Å²) in [6, 6.07) is 0. The van der Waals surface area contributed by atoms with E-state index in [0.29, 0.717) is 0 Å². The van der Waals surface area contributed by atoms with Crippen LogP contribution in [-0.4, -0.2) is 37.6 Å². The van der Waals surface area contributed by atoms with Gasteiger partial charge in [0.2, 0.25) is 0 Å². The van der Waals surface area contributed by atoms with Crippen LogP contribution in [0.15, 0.2) is 12.7 Å². The van der Waals surface area contributed by atoms with Gasteiger partial charge in [-0.15, -0.1) is 6.58 Å². The van der Waals surface area contributed by atoms with Gasteiger partial charge in [0.15, 0.2) is 0 Å². The Balaban J connectivity index is 3.22. The van der Waals surface area contributed by atoms with Crippen molar-refractivity contribution < 1.29 is 0 Å². The van der Waals surface area contributed by atoms with Gasteiger partial charge in [0, 0.05) is 6.54 Å². The van der Waals surface area contributed by atoms with Crippen molar-refractivity contribution in [3.05, 3.63) is 12.7 Å². The molecule has 0 amide bonds. The summed E-state index contributed by atoms with van der Waals surface area (Å²) in [6.07, 6.45) is 5.94. The third kappa shape index (κ3) is 10.2. The molecule has 0 aliphatic rings. The molecule has 0 fully saturated rings. The van der Waals surface area contributed by atoms with E-state index in [9.17, 15) is 0 Å². The summed E-state index contributed by atoms with van der Waals surface area (Å²) in [6.45, 7) is 16.2. The van der Waals surface area contributed by atoms with Crippen LogP contribution in [-0.2, 0) is 0 Å². The first kappa shape index (κ1) is 15.7. The zero-order valence-electron chi connectivity index (χ0n) is 11.5. The highest BCUT2D eigenvalue weighted by molar-refractivity contribution is 4.72. The Morgan fingerprint density at radius 1 is 1.25 bits per heavy atom. The minimum atomic E-state index is 0.767. The van der Waals surface area contributed by atoms with Crippen LogP contribution in [0.2, 0.25) is 0 Å². The number of likely N-dealkylation sites (N-methyl/N-ethyl adjacent to an activating group) is 1. The molecule has 0 aliphatic carbocycles. The van der Waals surface area contributed by atoms with Gasteiger partial charge in [-0.05, 0) is 44.9 Å². The lowest BCUT2D eigenvalue weighted by Gasteiger charge is -2.17. The number of nitrogens with one attached hydrogen (secondary N) is 1. The normalized spacial score (nSPS) is 11.3. The van der Waals surface area contributed by atoms with E-state index in [4.69, 9.17) is 0 Å². The Kier molecular flexibility index (Phi) is 10.9. The molecule has 1 N–H and O–H groups in total. The highest BCUT2D eigenvalue weighted by Crippen LogP contribution is 1.98. The summed E-state index contributed by atoms with van der Waals surface area (Å²) >= 11 is 0. The van der Waals surface area contributed by atoms with Crippen LogP contribution in [0.5, 0.6) is 0 Å². The van der Waals surface area contributed by atoms with Gasteiger partial charge in [0.25, 0.3) is 0 Å². The third-order valence-electron chi connectivity index (χ3n) is 2.71. The van der Waals surface area contributed by atoms with Crippen molar-refractivity contribution in [1.82, 2.24) is 10.2 Å². The van der Waals surface area contributed by atoms with Crippen molar-refractivity contribution in [1.29, 1.82) is 0 Å². The largest absolute Gasteiger partial charge is 0.316 e. The van der Waals surface area contributed by atoms with E-state index in [1.807, 2.05) is 6.08 Å². The van der Waals surface area contributed by atoms with E-state index in [0.717, 1.165) is 25.6 Å². The molecule has 0 aromatic rings. The molecule has 0 atom stereocenters. The van der Waals surface area contributed by atoms with Gasteiger partial charge in [-0.25, -0.2) is 0 Å². The minimum absolute atomic E-state index is 0.767. The topological polar surface area (TPSA) is 15.3 Å². The zero-order valence-corrected chi connectivity index (χ0v) is 11.5. The van der Waals surface area contributed by atoms with E-state index in [1.54, 1.807) is 0 Å². The molecule has 0 saturated carbocycles. The summed E-state index contributed by atoms with van der Waals surface area (Å²) in [4.78, 5) is 2.44. The van der Waals surface area contributed by atoms with Crippen LogP contribution in [0.4, 0.5) is 0 Å². The molecule has 16 heavy (non-hydrogen) atoms. The molecule has 0 saturated heterocycles. The van der Waals surface area contributed by atoms with Crippen LogP contribution in [0.3, 0.4) is 0 Å². The molecule has 0 bridgehead atoms. The first-order valence-electron chi connectivity index (χ1n) is 6.74. The first-order valence-corrected chi connectivity index (χ1v) is 6.74. The fourth-order valence-corrected chi connectivity index (χ4v) is 1.71. The Morgan fingerprint density at radius 3 is 2.56 bits per heavy atom. The van der Waals surface area contributed by atoms with Crippen LogP contribution < -0.4 is 5.32 Å². The fraction of sp³-hybridized carbons (Fsp3) is 0.857. The van der Waals surface area contributed by atoms with Crippen molar-refractivity contribution in [3.8, 4) is 0 Å². The molecule has 0 spiro atoms. The summed E-state index contributed by atoms with van der Waals surface area (Å²) in [7, 11) is 0. The van der Waals surface area contributed by atoms with Gasteiger partial charge in [-0.1, -0.05) is 33.3 Å². The standard InChI is InChI=1S/C14H30N2/c1-5-11-16(6-2)12-9-7-8-10-15-13-14(3)4/h5,14-15H,1,6-13H2,2-4H3. The Hall–Kier alpha value is -0.340. The van der Waals surface area contributed by atoms with Crippen molar-refractivity contribution in [3.63, 3.8) is 0 Å². The van der Waals surface area contributed by atoms with Crippen molar-refractivity contribution >= 4 is 0 Å². The SMILES string of the molecule is C=CCN(CC)CCCCCNCC(C)C. The van der Waals surface area contributed by atoms with Crippen molar-refractivity contribution in [2.75, 3.05) is 32.7 Å². The fourth-order valence-electron chi connectivity index (χ4n) is 1.71. The summed E-state index contributed by atoms with van der Waals surface area (Å²) in [5.41, 5.74) is 0. The summed E-state index contributed by atoms with van der Waals surface area (Å²) in [5, 5.41) is 3.48. The molecule has 0 radical (unpaired) electrons. The Morgan fingerprint density at radius 2 is 2.00 bits per heavy atom. The van der Waals surface area contributed by atoms with Gasteiger partial charge in [-0.2, -0.15) is 0 Å². The highest BCUT2D eigenvalue weighted by Gasteiger charge is 1.98. The lowest BCUT2D eigenvalue weighted by molar-refractivity contribution is 0.310. The average molecular weight is 226 g/mol. The van der Waals surface area contributed by atoms with E-state index in [1.165, 1.54) is 32.4 Å². The molecule has 0 aromatic carbocycles. The van der Waals surface area contributed by atoms with E-state index >= 15 is 0 Å². The van der Waals surface area contributed by atoms with Gasteiger partial charge in [0.05, 0.1) is 0 Å². The number of hydrogen-bond acceptors (Lipinski definition) is 2. The van der Waals surface area contributed by atoms with Crippen LogP contribution in [0.25, 0.3) is 0 Å². The molecule has 0 rings (SSSR count). The first-order chi connectivity index (χ1) is 7.70. The van der Waals surface area contributed by atoms with Crippen molar-refractivity contribution in [2.45, 2.75) is 40.0 Å². The van der Waals surface area contributed by atoms with Crippen molar-refractivity contribution in [2.24, 2.45) is 5.92 Å². The van der Waals surface area contributed by atoms with E-state index in [2.05, 4.69) is 37.6 Å². The second kappa shape index (κ2) is 11.2. The summed E-state index contributed by atoms with van der Waals surface area (Å²) in [5.74, 6) is 0.767. The third-order valence-corrected chi connectivity index (χ3v) is 2.71. The lowest BCUT2D eigenvalue weighted by Crippen LogP contribution is -2.25. The van der Waals surface area contributed by atoms with Gasteiger partial charge in [0.1, 0.15) is 0 Å². The monoisotopic (exact) mass is 226 g/mol. The number of hydrogen-bond donors (Lipinski definition) is 1.